The van der Waals surface area contributed by atoms with Crippen LogP contribution in [0.5, 0.6) is 0 Å². The van der Waals surface area contributed by atoms with Gasteiger partial charge in [0, 0.05) is 24.7 Å². The molecule has 2 atom stereocenters. The zero-order valence-electron chi connectivity index (χ0n) is 8.00. The Morgan fingerprint density at radius 2 is 2.33 bits per heavy atom. The van der Waals surface area contributed by atoms with E-state index in [-0.39, 0.29) is 12.3 Å². The molecule has 0 N–H and O–H groups in total. The van der Waals surface area contributed by atoms with Crippen LogP contribution >= 0.6 is 0 Å². The van der Waals surface area contributed by atoms with Crippen molar-refractivity contribution < 1.29 is 4.79 Å². The maximum atomic E-state index is 10.7. The molecule has 0 saturated carbocycles. The number of aldehydes is 1. The Morgan fingerprint density at radius 3 is 2.80 bits per heavy atom. The maximum Gasteiger partial charge on any atom is 0.137 e. The smallest absolute Gasteiger partial charge is 0.137 e. The van der Waals surface area contributed by atoms with Crippen LogP contribution in [0.25, 0.3) is 0 Å². The summed E-state index contributed by atoms with van der Waals surface area (Å²) in [4.78, 5) is 14.6. The molecule has 0 spiro atoms. The molecule has 1 aromatic rings. The molecule has 0 fully saturated rings. The second kappa shape index (κ2) is 5.51. The molecule has 0 saturated heterocycles. The number of hydrogen-bond donors (Lipinski definition) is 0. The second-order valence-electron chi connectivity index (χ2n) is 3.05. The van der Waals surface area contributed by atoms with E-state index in [9.17, 15) is 4.79 Å². The molecule has 0 aliphatic heterocycles. The predicted molar refractivity (Wildman–Crippen MR) is 52.4 cm³/mol. The second-order valence-corrected chi connectivity index (χ2v) is 3.05. The summed E-state index contributed by atoms with van der Waals surface area (Å²) in [5.41, 5.74) is 0.748. The molecule has 4 heteroatoms. The summed E-state index contributed by atoms with van der Waals surface area (Å²) < 4.78 is 0. The number of carbonyl (C=O) groups excluding carboxylic acids is 1. The zero-order chi connectivity index (χ0) is 11.1. The van der Waals surface area contributed by atoms with Gasteiger partial charge in [-0.05, 0) is 11.6 Å². The first-order valence-electron chi connectivity index (χ1n) is 4.45. The summed E-state index contributed by atoms with van der Waals surface area (Å²) in [7, 11) is 0. The van der Waals surface area contributed by atoms with E-state index in [0.717, 1.165) is 5.56 Å². The molecule has 4 nitrogen and oxygen atoms in total. The van der Waals surface area contributed by atoms with Crippen LogP contribution in [0, 0.1) is 28.6 Å². The third kappa shape index (κ3) is 2.62. The van der Waals surface area contributed by atoms with Gasteiger partial charge < -0.3 is 4.79 Å². The molecular formula is C11H9N3O. The van der Waals surface area contributed by atoms with Crippen LogP contribution in [0.15, 0.2) is 24.5 Å². The van der Waals surface area contributed by atoms with Gasteiger partial charge >= 0.3 is 0 Å². The van der Waals surface area contributed by atoms with Crippen molar-refractivity contribution in [2.75, 3.05) is 0 Å². The van der Waals surface area contributed by atoms with Crippen molar-refractivity contribution in [3.05, 3.63) is 30.1 Å². The lowest BCUT2D eigenvalue weighted by molar-refractivity contribution is -0.110. The topological polar surface area (TPSA) is 77.5 Å². The molecule has 0 aromatic carbocycles. The molecule has 0 amide bonds. The Labute approximate surface area is 87.8 Å². The summed E-state index contributed by atoms with van der Waals surface area (Å²) in [6, 6.07) is 7.35. The summed E-state index contributed by atoms with van der Waals surface area (Å²) in [6.45, 7) is 0. The number of aromatic nitrogens is 1. The van der Waals surface area contributed by atoms with Gasteiger partial charge in [0.2, 0.25) is 0 Å². The van der Waals surface area contributed by atoms with E-state index in [0.29, 0.717) is 6.29 Å². The van der Waals surface area contributed by atoms with E-state index < -0.39 is 5.92 Å². The van der Waals surface area contributed by atoms with Gasteiger partial charge in [-0.3, -0.25) is 4.98 Å². The Kier molecular flexibility index (Phi) is 4.00. The average Bonchev–Trinajstić information content (AvgIpc) is 2.30. The Balaban J connectivity index is 2.99. The summed E-state index contributed by atoms with van der Waals surface area (Å²) >= 11 is 0. The first-order chi connectivity index (χ1) is 7.33. The van der Waals surface area contributed by atoms with Crippen LogP contribution in [-0.2, 0) is 4.79 Å². The van der Waals surface area contributed by atoms with Gasteiger partial charge in [-0.15, -0.1) is 0 Å². The van der Waals surface area contributed by atoms with Gasteiger partial charge in [-0.2, -0.15) is 10.5 Å². The summed E-state index contributed by atoms with van der Waals surface area (Å²) in [5.74, 6) is -1.17. The Morgan fingerprint density at radius 1 is 1.53 bits per heavy atom. The monoisotopic (exact) mass is 199 g/mol. The van der Waals surface area contributed by atoms with Crippen molar-refractivity contribution in [3.63, 3.8) is 0 Å². The number of hydrogen-bond acceptors (Lipinski definition) is 4. The molecule has 1 rings (SSSR count). The minimum atomic E-state index is -0.783. The third-order valence-electron chi connectivity index (χ3n) is 2.15. The highest BCUT2D eigenvalue weighted by Crippen LogP contribution is 2.25. The highest BCUT2D eigenvalue weighted by molar-refractivity contribution is 5.60. The van der Waals surface area contributed by atoms with E-state index in [1.165, 1.54) is 0 Å². The molecule has 1 heterocycles. The number of carbonyl (C=O) groups is 1. The van der Waals surface area contributed by atoms with Crippen LogP contribution in [-0.4, -0.2) is 11.3 Å². The van der Waals surface area contributed by atoms with Crippen LogP contribution in [0.4, 0.5) is 0 Å². The Bertz CT molecular complexity index is 402. The van der Waals surface area contributed by atoms with E-state index in [1.807, 2.05) is 12.1 Å². The largest absolute Gasteiger partial charge is 0.302 e. The van der Waals surface area contributed by atoms with Gasteiger partial charge in [0.05, 0.1) is 12.1 Å². The fourth-order valence-electron chi connectivity index (χ4n) is 1.36. The van der Waals surface area contributed by atoms with Gasteiger partial charge in [0.25, 0.3) is 0 Å². The number of rotatable bonds is 4. The number of nitriles is 2. The molecule has 1 aromatic heterocycles. The van der Waals surface area contributed by atoms with E-state index >= 15 is 0 Å². The first kappa shape index (κ1) is 10.9. The van der Waals surface area contributed by atoms with E-state index in [1.54, 1.807) is 24.5 Å². The van der Waals surface area contributed by atoms with Crippen LogP contribution in [0.1, 0.15) is 17.9 Å². The van der Waals surface area contributed by atoms with Gasteiger partial charge in [-0.25, -0.2) is 0 Å². The quantitative estimate of drug-likeness (QED) is 0.687. The minimum Gasteiger partial charge on any atom is -0.302 e. The normalized spacial score (nSPS) is 13.2. The van der Waals surface area contributed by atoms with Crippen molar-refractivity contribution in [1.29, 1.82) is 10.5 Å². The zero-order valence-corrected chi connectivity index (χ0v) is 8.00. The molecule has 0 aliphatic rings. The van der Waals surface area contributed by atoms with Gasteiger partial charge in [-0.1, -0.05) is 6.07 Å². The highest BCUT2D eigenvalue weighted by atomic mass is 16.1. The number of nitrogens with zero attached hydrogens (tertiary/aromatic N) is 3. The molecule has 74 valence electrons. The highest BCUT2D eigenvalue weighted by Gasteiger charge is 2.22. The van der Waals surface area contributed by atoms with Crippen molar-refractivity contribution >= 4 is 6.29 Å². The summed E-state index contributed by atoms with van der Waals surface area (Å²) in [5, 5.41) is 17.4. The lowest BCUT2D eigenvalue weighted by atomic mass is 9.86. The minimum absolute atomic E-state index is 0.142. The lowest BCUT2D eigenvalue weighted by Crippen LogP contribution is -2.12. The molecular weight excluding hydrogens is 190 g/mol. The van der Waals surface area contributed by atoms with E-state index in [2.05, 4.69) is 4.98 Å². The number of pyridine rings is 1. The van der Waals surface area contributed by atoms with Crippen LogP contribution in [0.2, 0.25) is 0 Å². The first-order valence-corrected chi connectivity index (χ1v) is 4.45. The van der Waals surface area contributed by atoms with Crippen molar-refractivity contribution in [3.8, 4) is 12.1 Å². The molecule has 2 unspecified atom stereocenters. The van der Waals surface area contributed by atoms with Crippen molar-refractivity contribution in [1.82, 2.24) is 4.98 Å². The predicted octanol–water partition coefficient (Wildman–Crippen LogP) is 1.42. The maximum absolute atomic E-state index is 10.7. The summed E-state index contributed by atoms with van der Waals surface area (Å²) in [6.07, 6.45) is 3.91. The lowest BCUT2D eigenvalue weighted by Gasteiger charge is -2.14. The Hall–Kier alpha value is -2.20. The average molecular weight is 199 g/mol. The fraction of sp³-hybridized carbons (Fsp3) is 0.273. The van der Waals surface area contributed by atoms with Crippen molar-refractivity contribution in [2.45, 2.75) is 12.3 Å². The molecule has 0 bridgehead atoms. The fourth-order valence-corrected chi connectivity index (χ4v) is 1.36. The van der Waals surface area contributed by atoms with E-state index in [4.69, 9.17) is 10.5 Å². The van der Waals surface area contributed by atoms with Crippen LogP contribution < -0.4 is 0 Å². The van der Waals surface area contributed by atoms with Crippen molar-refractivity contribution in [2.24, 2.45) is 5.92 Å². The standard InChI is InChI=1S/C11H9N3O/c12-4-3-11(10(6-13)8-15)9-2-1-5-14-7-9/h1-2,5,7-8,10-11H,3H2. The molecule has 0 aliphatic carbocycles. The van der Waals surface area contributed by atoms with Gasteiger partial charge in [0.1, 0.15) is 12.2 Å². The molecule has 15 heavy (non-hydrogen) atoms. The SMILES string of the molecule is N#CCC(c1cccnc1)C(C#N)C=O. The van der Waals surface area contributed by atoms with Crippen LogP contribution in [0.3, 0.4) is 0 Å². The molecule has 0 radical (unpaired) electrons. The van der Waals surface area contributed by atoms with Gasteiger partial charge in [0.15, 0.2) is 0 Å². The third-order valence-corrected chi connectivity index (χ3v) is 2.15.